The van der Waals surface area contributed by atoms with Crippen LogP contribution in [0.3, 0.4) is 0 Å². The van der Waals surface area contributed by atoms with Gasteiger partial charge in [-0.2, -0.15) is 0 Å². The molecule has 2 unspecified atom stereocenters. The van der Waals surface area contributed by atoms with E-state index in [2.05, 4.69) is 36.1 Å². The van der Waals surface area contributed by atoms with Crippen molar-refractivity contribution in [3.8, 4) is 0 Å². The average Bonchev–Trinajstić information content (AvgIpc) is 2.41. The first-order valence-electron chi connectivity index (χ1n) is 8.29. The molecular formula is C16H33N3. The molecule has 2 rings (SSSR count). The van der Waals surface area contributed by atoms with E-state index < -0.39 is 0 Å². The molecule has 3 heteroatoms. The summed E-state index contributed by atoms with van der Waals surface area (Å²) in [5.74, 6) is 0.883. The Morgan fingerprint density at radius 3 is 2.37 bits per heavy atom. The zero-order valence-corrected chi connectivity index (χ0v) is 13.2. The monoisotopic (exact) mass is 267 g/mol. The Labute approximate surface area is 119 Å². The maximum atomic E-state index is 3.80. The maximum Gasteiger partial charge on any atom is 0.0113 e. The summed E-state index contributed by atoms with van der Waals surface area (Å²) >= 11 is 0. The van der Waals surface area contributed by atoms with Crippen LogP contribution in [0.15, 0.2) is 0 Å². The van der Waals surface area contributed by atoms with E-state index in [9.17, 15) is 0 Å². The molecule has 0 amide bonds. The van der Waals surface area contributed by atoms with Crippen molar-refractivity contribution in [3.05, 3.63) is 0 Å². The molecule has 19 heavy (non-hydrogen) atoms. The van der Waals surface area contributed by atoms with Crippen LogP contribution in [0.4, 0.5) is 0 Å². The van der Waals surface area contributed by atoms with Crippen LogP contribution >= 0.6 is 0 Å². The molecule has 2 atom stereocenters. The van der Waals surface area contributed by atoms with Gasteiger partial charge < -0.3 is 15.1 Å². The van der Waals surface area contributed by atoms with Gasteiger partial charge in [0.05, 0.1) is 0 Å². The summed E-state index contributed by atoms with van der Waals surface area (Å²) in [7, 11) is 4.43. The molecule has 3 nitrogen and oxygen atoms in total. The Balaban J connectivity index is 1.59. The van der Waals surface area contributed by atoms with E-state index in [1.807, 2.05) is 0 Å². The summed E-state index contributed by atoms with van der Waals surface area (Å²) < 4.78 is 0. The number of nitrogens with zero attached hydrogens (tertiary/aromatic N) is 2. The van der Waals surface area contributed by atoms with Gasteiger partial charge in [-0.1, -0.05) is 19.8 Å². The Kier molecular flexibility index (Phi) is 6.11. The van der Waals surface area contributed by atoms with Crippen molar-refractivity contribution >= 4 is 0 Å². The van der Waals surface area contributed by atoms with Gasteiger partial charge in [0.15, 0.2) is 0 Å². The molecule has 1 aliphatic heterocycles. The van der Waals surface area contributed by atoms with E-state index in [-0.39, 0.29) is 0 Å². The van der Waals surface area contributed by atoms with Crippen molar-refractivity contribution in [1.82, 2.24) is 15.1 Å². The van der Waals surface area contributed by atoms with Crippen LogP contribution in [0, 0.1) is 5.92 Å². The van der Waals surface area contributed by atoms with Crippen LogP contribution in [-0.4, -0.2) is 62.2 Å². The van der Waals surface area contributed by atoms with E-state index in [4.69, 9.17) is 0 Å². The predicted molar refractivity (Wildman–Crippen MR) is 82.6 cm³/mol. The van der Waals surface area contributed by atoms with Gasteiger partial charge in [0, 0.05) is 25.2 Å². The summed E-state index contributed by atoms with van der Waals surface area (Å²) in [6, 6.07) is 1.59. The van der Waals surface area contributed by atoms with Gasteiger partial charge in [-0.15, -0.1) is 0 Å². The first-order chi connectivity index (χ1) is 9.16. The third kappa shape index (κ3) is 4.73. The molecular weight excluding hydrogens is 234 g/mol. The summed E-state index contributed by atoms with van der Waals surface area (Å²) in [6.45, 7) is 7.40. The number of likely N-dealkylation sites (tertiary alicyclic amines) is 1. The second-order valence-corrected chi connectivity index (χ2v) is 6.86. The lowest BCUT2D eigenvalue weighted by atomic mass is 9.86. The maximum absolute atomic E-state index is 3.80. The Morgan fingerprint density at radius 1 is 1.05 bits per heavy atom. The van der Waals surface area contributed by atoms with Crippen LogP contribution in [0.5, 0.6) is 0 Å². The number of rotatable bonds is 5. The molecule has 0 aromatic heterocycles. The van der Waals surface area contributed by atoms with Crippen LogP contribution < -0.4 is 5.32 Å². The number of hydrogen-bond acceptors (Lipinski definition) is 3. The first kappa shape index (κ1) is 15.3. The standard InChI is InChI=1S/C16H33N3/c1-14-6-4-5-7-16(14)17-10-13-19-11-8-15(9-12-19)18(2)3/h14-17H,4-13H2,1-3H3. The van der Waals surface area contributed by atoms with Crippen LogP contribution in [0.1, 0.15) is 45.4 Å². The summed E-state index contributed by atoms with van der Waals surface area (Å²) in [5.41, 5.74) is 0. The van der Waals surface area contributed by atoms with E-state index in [0.29, 0.717) is 0 Å². The highest BCUT2D eigenvalue weighted by Crippen LogP contribution is 2.23. The minimum Gasteiger partial charge on any atom is -0.312 e. The predicted octanol–water partition coefficient (Wildman–Crippen LogP) is 2.18. The molecule has 2 fully saturated rings. The molecule has 2 aliphatic rings. The highest BCUT2D eigenvalue weighted by molar-refractivity contribution is 4.80. The first-order valence-corrected chi connectivity index (χ1v) is 8.29. The molecule has 0 aromatic carbocycles. The number of piperidine rings is 1. The molecule has 1 aliphatic carbocycles. The number of nitrogens with one attached hydrogen (secondary N) is 1. The zero-order valence-electron chi connectivity index (χ0n) is 13.2. The zero-order chi connectivity index (χ0) is 13.7. The minimum absolute atomic E-state index is 0.785. The van der Waals surface area contributed by atoms with E-state index in [0.717, 1.165) is 18.0 Å². The van der Waals surface area contributed by atoms with Crippen LogP contribution in [-0.2, 0) is 0 Å². The van der Waals surface area contributed by atoms with E-state index in [1.165, 1.54) is 64.7 Å². The van der Waals surface area contributed by atoms with Crippen molar-refractivity contribution < 1.29 is 0 Å². The molecule has 1 heterocycles. The molecule has 112 valence electrons. The lowest BCUT2D eigenvalue weighted by Crippen LogP contribution is -2.46. The average molecular weight is 267 g/mol. The normalized spacial score (nSPS) is 30.9. The van der Waals surface area contributed by atoms with E-state index in [1.54, 1.807) is 0 Å². The quantitative estimate of drug-likeness (QED) is 0.824. The van der Waals surface area contributed by atoms with Crippen molar-refractivity contribution in [3.63, 3.8) is 0 Å². The number of hydrogen-bond donors (Lipinski definition) is 1. The molecule has 0 aromatic rings. The molecule has 0 radical (unpaired) electrons. The second-order valence-electron chi connectivity index (χ2n) is 6.86. The van der Waals surface area contributed by atoms with E-state index >= 15 is 0 Å². The third-order valence-electron chi connectivity index (χ3n) is 5.23. The van der Waals surface area contributed by atoms with Gasteiger partial charge >= 0.3 is 0 Å². The van der Waals surface area contributed by atoms with Crippen LogP contribution in [0.25, 0.3) is 0 Å². The Bertz CT molecular complexity index is 246. The smallest absolute Gasteiger partial charge is 0.0113 e. The fourth-order valence-electron chi connectivity index (χ4n) is 3.69. The van der Waals surface area contributed by atoms with Gasteiger partial charge in [-0.3, -0.25) is 0 Å². The molecule has 0 spiro atoms. The van der Waals surface area contributed by atoms with Crippen molar-refractivity contribution in [2.24, 2.45) is 5.92 Å². The third-order valence-corrected chi connectivity index (χ3v) is 5.23. The topological polar surface area (TPSA) is 18.5 Å². The SMILES string of the molecule is CC1CCCCC1NCCN1CCC(N(C)C)CC1. The highest BCUT2D eigenvalue weighted by atomic mass is 15.2. The van der Waals surface area contributed by atoms with Gasteiger partial charge in [-0.05, 0) is 58.8 Å². The fraction of sp³-hybridized carbons (Fsp3) is 1.00. The van der Waals surface area contributed by atoms with Crippen molar-refractivity contribution in [2.45, 2.75) is 57.5 Å². The lowest BCUT2D eigenvalue weighted by Gasteiger charge is -2.36. The lowest BCUT2D eigenvalue weighted by molar-refractivity contribution is 0.142. The summed E-state index contributed by atoms with van der Waals surface area (Å²) in [5, 5.41) is 3.80. The minimum atomic E-state index is 0.785. The molecule has 1 N–H and O–H groups in total. The van der Waals surface area contributed by atoms with Gasteiger partial charge in [0.2, 0.25) is 0 Å². The van der Waals surface area contributed by atoms with Gasteiger partial charge in [0.1, 0.15) is 0 Å². The summed E-state index contributed by atoms with van der Waals surface area (Å²) in [4.78, 5) is 5.03. The van der Waals surface area contributed by atoms with Gasteiger partial charge in [0.25, 0.3) is 0 Å². The Hall–Kier alpha value is -0.120. The Morgan fingerprint density at radius 2 is 1.74 bits per heavy atom. The molecule has 1 saturated carbocycles. The molecule has 0 bridgehead atoms. The van der Waals surface area contributed by atoms with Gasteiger partial charge in [-0.25, -0.2) is 0 Å². The van der Waals surface area contributed by atoms with Crippen molar-refractivity contribution in [2.75, 3.05) is 40.3 Å². The fourth-order valence-corrected chi connectivity index (χ4v) is 3.69. The highest BCUT2D eigenvalue weighted by Gasteiger charge is 2.22. The van der Waals surface area contributed by atoms with Crippen molar-refractivity contribution in [1.29, 1.82) is 0 Å². The summed E-state index contributed by atoms with van der Waals surface area (Å²) in [6.07, 6.45) is 8.36. The van der Waals surface area contributed by atoms with Crippen LogP contribution in [0.2, 0.25) is 0 Å². The largest absolute Gasteiger partial charge is 0.312 e. The second kappa shape index (κ2) is 7.61. The molecule has 1 saturated heterocycles.